The van der Waals surface area contributed by atoms with Crippen molar-refractivity contribution in [2.45, 2.75) is 0 Å². The van der Waals surface area contributed by atoms with Crippen LogP contribution in [0.4, 0.5) is 0 Å². The number of rotatable bonds is 3. The Balaban J connectivity index is 1.58. The standard InChI is InChI=1S/C18H10O5S/c19-17-13-6-5-12(22-18(20)16-4-2-8-24-16)10-14(13)23-15(17)9-11-3-1-7-21-11/h1-10H. The van der Waals surface area contributed by atoms with Gasteiger partial charge in [0.1, 0.15) is 22.1 Å². The second-order valence-corrected chi connectivity index (χ2v) is 5.93. The first-order valence-corrected chi connectivity index (χ1v) is 7.96. The molecule has 0 amide bonds. The van der Waals surface area contributed by atoms with Crippen LogP contribution in [0.15, 0.2) is 64.3 Å². The fourth-order valence-electron chi connectivity index (χ4n) is 2.29. The summed E-state index contributed by atoms with van der Waals surface area (Å²) in [6, 6.07) is 11.6. The molecule has 0 N–H and O–H groups in total. The van der Waals surface area contributed by atoms with Crippen LogP contribution in [0, 0.1) is 0 Å². The van der Waals surface area contributed by atoms with E-state index >= 15 is 0 Å². The number of hydrogen-bond acceptors (Lipinski definition) is 6. The van der Waals surface area contributed by atoms with E-state index < -0.39 is 5.97 Å². The summed E-state index contributed by atoms with van der Waals surface area (Å²) < 4.78 is 16.1. The number of carbonyl (C=O) groups excluding carboxylic acids is 2. The van der Waals surface area contributed by atoms with Gasteiger partial charge in [-0.15, -0.1) is 11.3 Å². The molecule has 1 aliphatic rings. The number of carbonyl (C=O) groups is 2. The topological polar surface area (TPSA) is 65.7 Å². The van der Waals surface area contributed by atoms with E-state index in [9.17, 15) is 9.59 Å². The van der Waals surface area contributed by atoms with E-state index in [1.165, 1.54) is 29.7 Å². The van der Waals surface area contributed by atoms with Gasteiger partial charge in [-0.05, 0) is 35.7 Å². The van der Waals surface area contributed by atoms with Crippen LogP contribution in [0.25, 0.3) is 6.08 Å². The Bertz CT molecular complexity index is 936. The van der Waals surface area contributed by atoms with Crippen molar-refractivity contribution in [2.24, 2.45) is 0 Å². The number of benzene rings is 1. The lowest BCUT2D eigenvalue weighted by atomic mass is 10.1. The first kappa shape index (κ1) is 14.5. The molecule has 0 radical (unpaired) electrons. The van der Waals surface area contributed by atoms with Gasteiger partial charge in [0, 0.05) is 12.1 Å². The first-order valence-electron chi connectivity index (χ1n) is 7.08. The van der Waals surface area contributed by atoms with Crippen molar-refractivity contribution in [3.05, 3.63) is 76.1 Å². The van der Waals surface area contributed by atoms with Gasteiger partial charge in [0.2, 0.25) is 5.78 Å². The predicted molar refractivity (Wildman–Crippen MR) is 87.4 cm³/mol. The quantitative estimate of drug-likeness (QED) is 0.407. The Morgan fingerprint density at radius 3 is 2.83 bits per heavy atom. The van der Waals surface area contributed by atoms with Crippen molar-refractivity contribution < 1.29 is 23.5 Å². The molecule has 2 aromatic heterocycles. The summed E-state index contributed by atoms with van der Waals surface area (Å²) in [7, 11) is 0. The van der Waals surface area contributed by atoms with Crippen molar-refractivity contribution in [1.29, 1.82) is 0 Å². The van der Waals surface area contributed by atoms with Crippen LogP contribution < -0.4 is 9.47 Å². The van der Waals surface area contributed by atoms with Crippen LogP contribution in [0.2, 0.25) is 0 Å². The average molecular weight is 338 g/mol. The Morgan fingerprint density at radius 2 is 2.08 bits per heavy atom. The summed E-state index contributed by atoms with van der Waals surface area (Å²) >= 11 is 1.30. The minimum absolute atomic E-state index is 0.168. The number of thiophene rings is 1. The van der Waals surface area contributed by atoms with Gasteiger partial charge in [-0.25, -0.2) is 4.79 Å². The van der Waals surface area contributed by atoms with Crippen molar-refractivity contribution in [3.63, 3.8) is 0 Å². The monoisotopic (exact) mass is 338 g/mol. The van der Waals surface area contributed by atoms with Crippen LogP contribution in [0.1, 0.15) is 25.8 Å². The van der Waals surface area contributed by atoms with Gasteiger partial charge in [0.15, 0.2) is 5.76 Å². The van der Waals surface area contributed by atoms with Gasteiger partial charge in [-0.1, -0.05) is 6.07 Å². The molecular weight excluding hydrogens is 328 g/mol. The lowest BCUT2D eigenvalue weighted by Gasteiger charge is -2.04. The van der Waals surface area contributed by atoms with Crippen molar-refractivity contribution in [1.82, 2.24) is 0 Å². The summed E-state index contributed by atoms with van der Waals surface area (Å²) in [5.41, 5.74) is 0.420. The van der Waals surface area contributed by atoms with E-state index in [1.54, 1.807) is 41.8 Å². The third-order valence-corrected chi connectivity index (χ3v) is 4.24. The number of ketones is 1. The third-order valence-electron chi connectivity index (χ3n) is 3.39. The maximum atomic E-state index is 12.3. The van der Waals surface area contributed by atoms with Crippen LogP contribution in [0.3, 0.4) is 0 Å². The molecule has 3 heterocycles. The van der Waals surface area contributed by atoms with E-state index in [4.69, 9.17) is 13.9 Å². The van der Waals surface area contributed by atoms with Crippen molar-refractivity contribution in [2.75, 3.05) is 0 Å². The fraction of sp³-hybridized carbons (Fsp3) is 0. The molecule has 0 fully saturated rings. The maximum absolute atomic E-state index is 12.3. The Labute approximate surface area is 140 Å². The molecule has 0 spiro atoms. The van der Waals surface area contributed by atoms with Crippen LogP contribution in [0.5, 0.6) is 11.5 Å². The lowest BCUT2D eigenvalue weighted by molar-refractivity contribution is 0.0739. The van der Waals surface area contributed by atoms with Crippen molar-refractivity contribution >= 4 is 29.2 Å². The van der Waals surface area contributed by atoms with Gasteiger partial charge >= 0.3 is 5.97 Å². The number of allylic oxidation sites excluding steroid dienone is 1. The number of esters is 1. The molecule has 0 atom stereocenters. The van der Waals surface area contributed by atoms with E-state index in [-0.39, 0.29) is 11.5 Å². The molecule has 3 aromatic rings. The first-order chi connectivity index (χ1) is 11.7. The lowest BCUT2D eigenvalue weighted by Crippen LogP contribution is -2.06. The fourth-order valence-corrected chi connectivity index (χ4v) is 2.88. The SMILES string of the molecule is O=C(Oc1ccc2c(c1)OC(=Cc1ccco1)C2=O)c1cccs1. The number of fused-ring (bicyclic) bond motifs is 1. The molecular formula is C18H10O5S. The number of ether oxygens (including phenoxy) is 2. The van der Waals surface area contributed by atoms with E-state index in [1.807, 2.05) is 0 Å². The highest BCUT2D eigenvalue weighted by molar-refractivity contribution is 7.12. The summed E-state index contributed by atoms with van der Waals surface area (Å²) in [4.78, 5) is 24.8. The molecule has 24 heavy (non-hydrogen) atoms. The highest BCUT2D eigenvalue weighted by atomic mass is 32.1. The van der Waals surface area contributed by atoms with E-state index in [2.05, 4.69) is 0 Å². The molecule has 0 saturated carbocycles. The minimum atomic E-state index is -0.444. The summed E-state index contributed by atoms with van der Waals surface area (Å²) in [5.74, 6) is 0.684. The molecule has 1 aliphatic heterocycles. The maximum Gasteiger partial charge on any atom is 0.353 e. The molecule has 4 rings (SSSR count). The molecule has 0 aliphatic carbocycles. The molecule has 118 valence electrons. The number of furan rings is 1. The third kappa shape index (κ3) is 2.63. The van der Waals surface area contributed by atoms with Crippen molar-refractivity contribution in [3.8, 4) is 11.5 Å². The van der Waals surface area contributed by atoms with Crippen LogP contribution >= 0.6 is 11.3 Å². The zero-order valence-corrected chi connectivity index (χ0v) is 13.0. The van der Waals surface area contributed by atoms with Crippen LogP contribution in [-0.2, 0) is 0 Å². The van der Waals surface area contributed by atoms with Gasteiger partial charge < -0.3 is 13.9 Å². The zero-order valence-electron chi connectivity index (χ0n) is 12.2. The van der Waals surface area contributed by atoms with E-state index in [0.29, 0.717) is 27.7 Å². The Kier molecular flexibility index (Phi) is 3.51. The molecule has 0 saturated heterocycles. The van der Waals surface area contributed by atoms with Gasteiger partial charge in [-0.2, -0.15) is 0 Å². The summed E-state index contributed by atoms with van der Waals surface area (Å²) in [6.07, 6.45) is 3.04. The minimum Gasteiger partial charge on any atom is -0.465 e. The molecule has 5 nitrogen and oxygen atoms in total. The van der Waals surface area contributed by atoms with E-state index in [0.717, 1.165) is 0 Å². The number of Topliss-reactive ketones (excluding diaryl/α,β-unsaturated/α-hetero) is 1. The second kappa shape index (κ2) is 5.82. The highest BCUT2D eigenvalue weighted by Gasteiger charge is 2.28. The number of hydrogen-bond donors (Lipinski definition) is 0. The smallest absolute Gasteiger partial charge is 0.353 e. The summed E-state index contributed by atoms with van der Waals surface area (Å²) in [6.45, 7) is 0. The molecule has 0 unspecified atom stereocenters. The predicted octanol–water partition coefficient (Wildman–Crippen LogP) is 4.18. The molecule has 0 bridgehead atoms. The largest absolute Gasteiger partial charge is 0.465 e. The second-order valence-electron chi connectivity index (χ2n) is 4.98. The Hall–Kier alpha value is -3.12. The average Bonchev–Trinajstić information content (AvgIpc) is 3.31. The summed E-state index contributed by atoms with van der Waals surface area (Å²) in [5, 5.41) is 1.80. The zero-order chi connectivity index (χ0) is 16.5. The van der Waals surface area contributed by atoms with Gasteiger partial charge in [0.25, 0.3) is 0 Å². The van der Waals surface area contributed by atoms with Gasteiger partial charge in [0.05, 0.1) is 11.8 Å². The highest BCUT2D eigenvalue weighted by Crippen LogP contribution is 2.35. The Morgan fingerprint density at radius 1 is 1.17 bits per heavy atom. The van der Waals surface area contributed by atoms with Crippen LogP contribution in [-0.4, -0.2) is 11.8 Å². The van der Waals surface area contributed by atoms with Gasteiger partial charge in [-0.3, -0.25) is 4.79 Å². The molecule has 6 heteroatoms. The normalized spacial score (nSPS) is 14.5. The molecule has 1 aromatic carbocycles.